The van der Waals surface area contributed by atoms with Crippen molar-refractivity contribution in [2.24, 2.45) is 0 Å². The summed E-state index contributed by atoms with van der Waals surface area (Å²) in [6, 6.07) is 5.54. The Hall–Kier alpha value is -2.13. The molecule has 3 fully saturated rings. The van der Waals surface area contributed by atoms with E-state index in [2.05, 4.69) is 5.32 Å². The lowest BCUT2D eigenvalue weighted by atomic mass is 9.92. The molecule has 2 aliphatic heterocycles. The summed E-state index contributed by atoms with van der Waals surface area (Å²) in [5, 5.41) is 3.17. The van der Waals surface area contributed by atoms with Crippen LogP contribution in [0.2, 0.25) is 5.02 Å². The van der Waals surface area contributed by atoms with Gasteiger partial charge < -0.3 is 10.2 Å². The number of nitrogens with zero attached hydrogens (tertiary/aromatic N) is 2. The van der Waals surface area contributed by atoms with E-state index in [4.69, 9.17) is 11.6 Å². The summed E-state index contributed by atoms with van der Waals surface area (Å²) in [6.07, 6.45) is 2.02. The molecule has 4 rings (SSSR count). The summed E-state index contributed by atoms with van der Waals surface area (Å²) < 4.78 is 23.7. The van der Waals surface area contributed by atoms with E-state index in [0.717, 1.165) is 17.7 Å². The van der Waals surface area contributed by atoms with Gasteiger partial charge in [-0.3, -0.25) is 14.5 Å². The van der Waals surface area contributed by atoms with E-state index in [9.17, 15) is 22.8 Å². The summed E-state index contributed by atoms with van der Waals surface area (Å²) in [6.45, 7) is 1.18. The Morgan fingerprint density at radius 3 is 2.41 bits per heavy atom. The fourth-order valence-electron chi connectivity index (χ4n) is 4.09. The molecular formula is C19H22ClN3O5S. The first kappa shape index (κ1) is 20.2. The van der Waals surface area contributed by atoms with E-state index in [0.29, 0.717) is 17.0 Å². The second kappa shape index (κ2) is 6.98. The van der Waals surface area contributed by atoms with Crippen LogP contribution in [-0.2, 0) is 25.0 Å². The number of rotatable bonds is 5. The number of amides is 4. The first-order valence-electron chi connectivity index (χ1n) is 9.52. The zero-order valence-corrected chi connectivity index (χ0v) is 17.5. The molecule has 8 nitrogen and oxygen atoms in total. The maximum atomic E-state index is 13.0. The molecule has 156 valence electrons. The highest BCUT2D eigenvalue weighted by Gasteiger charge is 2.51. The van der Waals surface area contributed by atoms with Crippen molar-refractivity contribution in [1.29, 1.82) is 0 Å². The molecule has 1 saturated carbocycles. The van der Waals surface area contributed by atoms with Crippen molar-refractivity contribution < 1.29 is 22.8 Å². The van der Waals surface area contributed by atoms with Crippen LogP contribution >= 0.6 is 11.6 Å². The Labute approximate surface area is 174 Å². The Morgan fingerprint density at radius 1 is 1.21 bits per heavy atom. The predicted octanol–water partition coefficient (Wildman–Crippen LogP) is 1.29. The average Bonchev–Trinajstić information content (AvgIpc) is 3.37. The van der Waals surface area contributed by atoms with Gasteiger partial charge in [-0.2, -0.15) is 0 Å². The Bertz CT molecular complexity index is 976. The van der Waals surface area contributed by atoms with Gasteiger partial charge in [-0.05, 0) is 43.9 Å². The van der Waals surface area contributed by atoms with Gasteiger partial charge in [0, 0.05) is 17.1 Å². The van der Waals surface area contributed by atoms with E-state index >= 15 is 0 Å². The summed E-state index contributed by atoms with van der Waals surface area (Å²) in [4.78, 5) is 41.0. The Balaban J connectivity index is 1.52. The smallest absolute Gasteiger partial charge is 0.325 e. The monoisotopic (exact) mass is 439 g/mol. The number of nitrogens with one attached hydrogen (secondary N) is 1. The molecule has 1 aliphatic carbocycles. The van der Waals surface area contributed by atoms with Crippen molar-refractivity contribution in [2.75, 3.05) is 18.1 Å². The Kier molecular flexibility index (Phi) is 4.85. The standard InChI is InChI=1S/C19H22ClN3O5S/c1-19(12-2-4-13(20)5-3-12)17(25)22(18(26)21-19)10-16(24)23(14-6-7-14)15-8-9-29(27,28)11-15/h2-5,14-15H,6-11H2,1H3,(H,21,26)/t15-,19-/m1/s1. The van der Waals surface area contributed by atoms with Crippen LogP contribution in [-0.4, -0.2) is 66.2 Å². The normalized spacial score (nSPS) is 28.5. The van der Waals surface area contributed by atoms with Gasteiger partial charge in [0.15, 0.2) is 9.84 Å². The first-order valence-corrected chi connectivity index (χ1v) is 11.7. The van der Waals surface area contributed by atoms with Gasteiger partial charge in [-0.1, -0.05) is 23.7 Å². The summed E-state index contributed by atoms with van der Waals surface area (Å²) in [7, 11) is -3.15. The third kappa shape index (κ3) is 3.73. The zero-order chi connectivity index (χ0) is 21.0. The van der Waals surface area contributed by atoms with Crippen molar-refractivity contribution in [1.82, 2.24) is 15.1 Å². The fourth-order valence-corrected chi connectivity index (χ4v) is 5.93. The van der Waals surface area contributed by atoms with Gasteiger partial charge in [0.1, 0.15) is 12.1 Å². The van der Waals surface area contributed by atoms with Crippen molar-refractivity contribution >= 4 is 39.3 Å². The van der Waals surface area contributed by atoms with Crippen LogP contribution in [0.5, 0.6) is 0 Å². The van der Waals surface area contributed by atoms with E-state index in [1.807, 2.05) is 0 Å². The van der Waals surface area contributed by atoms with Crippen LogP contribution in [0.25, 0.3) is 0 Å². The summed E-state index contributed by atoms with van der Waals surface area (Å²) in [5.74, 6) is -0.907. The van der Waals surface area contributed by atoms with Gasteiger partial charge in [-0.15, -0.1) is 0 Å². The van der Waals surface area contributed by atoms with Gasteiger partial charge in [-0.25, -0.2) is 13.2 Å². The summed E-state index contributed by atoms with van der Waals surface area (Å²) in [5.41, 5.74) is -0.723. The molecule has 1 aromatic rings. The van der Waals surface area contributed by atoms with Crippen molar-refractivity contribution in [3.05, 3.63) is 34.9 Å². The molecule has 0 unspecified atom stereocenters. The van der Waals surface area contributed by atoms with Gasteiger partial charge in [0.05, 0.1) is 11.5 Å². The topological polar surface area (TPSA) is 104 Å². The van der Waals surface area contributed by atoms with Crippen LogP contribution in [0.1, 0.15) is 31.7 Å². The molecule has 2 saturated heterocycles. The molecule has 4 amide bonds. The van der Waals surface area contributed by atoms with Crippen LogP contribution in [0, 0.1) is 0 Å². The van der Waals surface area contributed by atoms with E-state index in [1.165, 1.54) is 0 Å². The maximum absolute atomic E-state index is 13.0. The maximum Gasteiger partial charge on any atom is 0.325 e. The second-order valence-electron chi connectivity index (χ2n) is 8.04. The lowest BCUT2D eigenvalue weighted by Gasteiger charge is -2.30. The SMILES string of the molecule is C[C@]1(c2ccc(Cl)cc2)NC(=O)N(CC(=O)N(C2CC2)[C@@H]2CCS(=O)(=O)C2)C1=O. The van der Waals surface area contributed by atoms with Gasteiger partial charge in [0.25, 0.3) is 5.91 Å². The molecule has 1 N–H and O–H groups in total. The van der Waals surface area contributed by atoms with E-state index < -0.39 is 39.8 Å². The minimum Gasteiger partial charge on any atom is -0.334 e. The molecule has 29 heavy (non-hydrogen) atoms. The van der Waals surface area contributed by atoms with Crippen LogP contribution in [0.4, 0.5) is 4.79 Å². The molecular weight excluding hydrogens is 418 g/mol. The number of carbonyl (C=O) groups excluding carboxylic acids is 3. The average molecular weight is 440 g/mol. The van der Waals surface area contributed by atoms with Crippen molar-refractivity contribution in [2.45, 2.75) is 43.8 Å². The minimum absolute atomic E-state index is 0.00999. The van der Waals surface area contributed by atoms with Crippen molar-refractivity contribution in [3.63, 3.8) is 0 Å². The number of benzene rings is 1. The second-order valence-corrected chi connectivity index (χ2v) is 10.7. The number of carbonyl (C=O) groups is 3. The molecule has 0 bridgehead atoms. The first-order chi connectivity index (χ1) is 13.6. The predicted molar refractivity (Wildman–Crippen MR) is 106 cm³/mol. The molecule has 2 atom stereocenters. The Morgan fingerprint density at radius 2 is 1.86 bits per heavy atom. The number of imide groups is 1. The van der Waals surface area contributed by atoms with Gasteiger partial charge in [0.2, 0.25) is 5.91 Å². The minimum atomic E-state index is -3.15. The molecule has 1 aromatic carbocycles. The molecule has 10 heteroatoms. The number of hydrogen-bond acceptors (Lipinski definition) is 5. The van der Waals surface area contributed by atoms with Crippen LogP contribution in [0.15, 0.2) is 24.3 Å². The molecule has 3 aliphatic rings. The molecule has 0 aromatic heterocycles. The largest absolute Gasteiger partial charge is 0.334 e. The molecule has 0 spiro atoms. The number of urea groups is 1. The lowest BCUT2D eigenvalue weighted by molar-refractivity contribution is -0.140. The highest BCUT2D eigenvalue weighted by molar-refractivity contribution is 7.91. The third-order valence-electron chi connectivity index (χ3n) is 5.82. The van der Waals surface area contributed by atoms with E-state index in [1.54, 1.807) is 36.1 Å². The third-order valence-corrected chi connectivity index (χ3v) is 7.82. The number of hydrogen-bond donors (Lipinski definition) is 1. The van der Waals surface area contributed by atoms with E-state index in [-0.39, 0.29) is 23.6 Å². The highest BCUT2D eigenvalue weighted by Crippen LogP contribution is 2.34. The molecule has 0 radical (unpaired) electrons. The van der Waals surface area contributed by atoms with Gasteiger partial charge >= 0.3 is 6.03 Å². The highest BCUT2D eigenvalue weighted by atomic mass is 35.5. The lowest BCUT2D eigenvalue weighted by Crippen LogP contribution is -2.49. The van der Waals surface area contributed by atoms with Crippen molar-refractivity contribution in [3.8, 4) is 0 Å². The number of sulfone groups is 1. The quantitative estimate of drug-likeness (QED) is 0.696. The zero-order valence-electron chi connectivity index (χ0n) is 15.9. The molecule has 2 heterocycles. The number of halogens is 1. The van der Waals surface area contributed by atoms with Crippen LogP contribution in [0.3, 0.4) is 0 Å². The summed E-state index contributed by atoms with van der Waals surface area (Å²) >= 11 is 5.90. The fraction of sp³-hybridized carbons (Fsp3) is 0.526. The van der Waals surface area contributed by atoms with Crippen LogP contribution < -0.4 is 5.32 Å².